The van der Waals surface area contributed by atoms with Crippen molar-refractivity contribution in [2.24, 2.45) is 0 Å². The molecule has 4 heteroatoms. The first-order chi connectivity index (χ1) is 20.6. The highest BCUT2D eigenvalue weighted by Crippen LogP contribution is 2.33. The maximum Gasteiger partial charge on any atom is 0.193 e. The standard InChI is InChI=1S/C38H26O2S2/c39-37(29-7-3-1-4-8-29)31-15-23-35(24-16-31)41-33-19-11-27(12-20-33)28-13-21-34(22-14-28)42-36-25-17-32(18-26-36)38(40)30-9-5-2-6-10-30/h1-26H. The van der Waals surface area contributed by atoms with Crippen LogP contribution in [0.4, 0.5) is 0 Å². The summed E-state index contributed by atoms with van der Waals surface area (Å²) >= 11 is 3.35. The molecule has 0 atom stereocenters. The maximum absolute atomic E-state index is 12.7. The molecular weight excluding hydrogens is 553 g/mol. The molecule has 42 heavy (non-hydrogen) atoms. The fourth-order valence-electron chi connectivity index (χ4n) is 4.56. The van der Waals surface area contributed by atoms with E-state index >= 15 is 0 Å². The molecule has 0 aliphatic heterocycles. The van der Waals surface area contributed by atoms with Crippen molar-refractivity contribution in [3.05, 3.63) is 180 Å². The predicted molar refractivity (Wildman–Crippen MR) is 173 cm³/mol. The molecule has 0 saturated carbocycles. The van der Waals surface area contributed by atoms with Gasteiger partial charge in [-0.2, -0.15) is 0 Å². The molecule has 6 aromatic carbocycles. The molecule has 0 N–H and O–H groups in total. The first-order valence-electron chi connectivity index (χ1n) is 13.6. The number of benzene rings is 6. The van der Waals surface area contributed by atoms with E-state index in [9.17, 15) is 9.59 Å². The van der Waals surface area contributed by atoms with Crippen LogP contribution in [-0.4, -0.2) is 11.6 Å². The third-order valence-electron chi connectivity index (χ3n) is 6.82. The fourth-order valence-corrected chi connectivity index (χ4v) is 6.20. The minimum atomic E-state index is 0.0363. The Morgan fingerprint density at radius 1 is 0.310 bits per heavy atom. The zero-order valence-corrected chi connectivity index (χ0v) is 24.3. The van der Waals surface area contributed by atoms with E-state index < -0.39 is 0 Å². The molecular formula is C38H26O2S2. The lowest BCUT2D eigenvalue weighted by Crippen LogP contribution is -2.00. The molecule has 0 fully saturated rings. The van der Waals surface area contributed by atoms with Gasteiger partial charge in [0.25, 0.3) is 0 Å². The quantitative estimate of drug-likeness (QED) is 0.160. The summed E-state index contributed by atoms with van der Waals surface area (Å²) in [5.74, 6) is 0.0725. The predicted octanol–water partition coefficient (Wildman–Crippen LogP) is 10.1. The van der Waals surface area contributed by atoms with Crippen LogP contribution in [0.1, 0.15) is 31.8 Å². The molecule has 0 saturated heterocycles. The summed E-state index contributed by atoms with van der Waals surface area (Å²) in [4.78, 5) is 29.8. The summed E-state index contributed by atoms with van der Waals surface area (Å²) < 4.78 is 0. The van der Waals surface area contributed by atoms with Crippen LogP contribution < -0.4 is 0 Å². The third kappa shape index (κ3) is 6.63. The number of hydrogen-bond acceptors (Lipinski definition) is 4. The van der Waals surface area contributed by atoms with Gasteiger partial charge in [-0.15, -0.1) is 0 Å². The fraction of sp³-hybridized carbons (Fsp3) is 0. The van der Waals surface area contributed by atoms with Crippen molar-refractivity contribution in [3.8, 4) is 11.1 Å². The number of carbonyl (C=O) groups excluding carboxylic acids is 2. The first kappa shape index (κ1) is 27.5. The molecule has 202 valence electrons. The van der Waals surface area contributed by atoms with Gasteiger partial charge in [0.15, 0.2) is 11.6 Å². The minimum absolute atomic E-state index is 0.0363. The maximum atomic E-state index is 12.7. The summed E-state index contributed by atoms with van der Waals surface area (Å²) in [7, 11) is 0. The van der Waals surface area contributed by atoms with Gasteiger partial charge >= 0.3 is 0 Å². The average Bonchev–Trinajstić information content (AvgIpc) is 3.06. The van der Waals surface area contributed by atoms with Gasteiger partial charge in [-0.3, -0.25) is 9.59 Å². The van der Waals surface area contributed by atoms with E-state index in [1.165, 1.54) is 0 Å². The van der Waals surface area contributed by atoms with Crippen molar-refractivity contribution in [3.63, 3.8) is 0 Å². The van der Waals surface area contributed by atoms with E-state index in [4.69, 9.17) is 0 Å². The SMILES string of the molecule is O=C(c1ccccc1)c1ccc(Sc2ccc(-c3ccc(Sc4ccc(C(=O)c5ccccc5)cc4)cc3)cc2)cc1. The second kappa shape index (κ2) is 12.9. The second-order valence-corrected chi connectivity index (χ2v) is 12.0. The highest BCUT2D eigenvalue weighted by atomic mass is 32.2. The van der Waals surface area contributed by atoms with Crippen LogP contribution in [0.2, 0.25) is 0 Å². The number of carbonyl (C=O) groups is 2. The Hall–Kier alpha value is -4.64. The normalized spacial score (nSPS) is 10.8. The van der Waals surface area contributed by atoms with Gasteiger partial charge in [-0.25, -0.2) is 0 Å². The highest BCUT2D eigenvalue weighted by Gasteiger charge is 2.10. The summed E-state index contributed by atoms with van der Waals surface area (Å²) in [6.07, 6.45) is 0. The third-order valence-corrected chi connectivity index (χ3v) is 8.85. The Morgan fingerprint density at radius 2 is 0.571 bits per heavy atom. The topological polar surface area (TPSA) is 34.1 Å². The lowest BCUT2D eigenvalue weighted by Gasteiger charge is -2.08. The van der Waals surface area contributed by atoms with Crippen molar-refractivity contribution >= 4 is 35.1 Å². The molecule has 2 nitrogen and oxygen atoms in total. The Bertz CT molecular complexity index is 1660. The average molecular weight is 579 g/mol. The van der Waals surface area contributed by atoms with Crippen molar-refractivity contribution in [1.82, 2.24) is 0 Å². The van der Waals surface area contributed by atoms with Crippen molar-refractivity contribution in [2.75, 3.05) is 0 Å². The van der Waals surface area contributed by atoms with E-state index in [2.05, 4.69) is 48.5 Å². The zero-order valence-electron chi connectivity index (χ0n) is 22.6. The van der Waals surface area contributed by atoms with Gasteiger partial charge in [-0.1, -0.05) is 108 Å². The van der Waals surface area contributed by atoms with Gasteiger partial charge in [0.1, 0.15) is 0 Å². The molecule has 0 aliphatic carbocycles. The molecule has 0 heterocycles. The molecule has 6 rings (SSSR count). The van der Waals surface area contributed by atoms with Crippen molar-refractivity contribution in [1.29, 1.82) is 0 Å². The molecule has 6 aromatic rings. The lowest BCUT2D eigenvalue weighted by molar-refractivity contribution is 0.103. The van der Waals surface area contributed by atoms with Gasteiger partial charge in [-0.05, 0) is 83.9 Å². The number of hydrogen-bond donors (Lipinski definition) is 0. The lowest BCUT2D eigenvalue weighted by atomic mass is 10.0. The van der Waals surface area contributed by atoms with Gasteiger partial charge in [0.05, 0.1) is 0 Å². The van der Waals surface area contributed by atoms with Gasteiger partial charge in [0, 0.05) is 41.8 Å². The van der Waals surface area contributed by atoms with Crippen LogP contribution in [0.5, 0.6) is 0 Å². The molecule has 0 unspecified atom stereocenters. The van der Waals surface area contributed by atoms with Crippen LogP contribution in [-0.2, 0) is 0 Å². The Balaban J connectivity index is 1.06. The molecule has 0 spiro atoms. The van der Waals surface area contributed by atoms with Gasteiger partial charge < -0.3 is 0 Å². The molecule has 0 amide bonds. The number of ketones is 2. The van der Waals surface area contributed by atoms with Crippen LogP contribution in [0.3, 0.4) is 0 Å². The van der Waals surface area contributed by atoms with Crippen molar-refractivity contribution < 1.29 is 9.59 Å². The zero-order chi connectivity index (χ0) is 28.7. The second-order valence-electron chi connectivity index (χ2n) is 9.69. The molecule has 0 radical (unpaired) electrons. The number of rotatable bonds is 9. The van der Waals surface area contributed by atoms with E-state index in [0.29, 0.717) is 22.3 Å². The largest absolute Gasteiger partial charge is 0.289 e. The summed E-state index contributed by atoms with van der Waals surface area (Å²) in [5.41, 5.74) is 5.10. The molecule has 0 aromatic heterocycles. The highest BCUT2D eigenvalue weighted by molar-refractivity contribution is 7.99. The van der Waals surface area contributed by atoms with E-state index in [-0.39, 0.29) is 11.6 Å². The Kier molecular flexibility index (Phi) is 8.46. The van der Waals surface area contributed by atoms with Crippen LogP contribution >= 0.6 is 23.5 Å². The van der Waals surface area contributed by atoms with Gasteiger partial charge in [0.2, 0.25) is 0 Å². The van der Waals surface area contributed by atoms with E-state index in [1.54, 1.807) is 23.5 Å². The van der Waals surface area contributed by atoms with Crippen molar-refractivity contribution in [2.45, 2.75) is 19.6 Å². The molecule has 0 aliphatic rings. The first-order valence-corrected chi connectivity index (χ1v) is 15.2. The smallest absolute Gasteiger partial charge is 0.193 e. The van der Waals surface area contributed by atoms with E-state index in [1.807, 2.05) is 109 Å². The molecule has 0 bridgehead atoms. The Labute approximate surface area is 254 Å². The van der Waals surface area contributed by atoms with Crippen LogP contribution in [0.15, 0.2) is 177 Å². The summed E-state index contributed by atoms with van der Waals surface area (Å²) in [6.45, 7) is 0. The minimum Gasteiger partial charge on any atom is -0.289 e. The summed E-state index contributed by atoms with van der Waals surface area (Å²) in [6, 6.07) is 51.4. The van der Waals surface area contributed by atoms with Crippen LogP contribution in [0.25, 0.3) is 11.1 Å². The van der Waals surface area contributed by atoms with Crippen LogP contribution in [0, 0.1) is 0 Å². The monoisotopic (exact) mass is 578 g/mol. The summed E-state index contributed by atoms with van der Waals surface area (Å²) in [5, 5.41) is 0. The Morgan fingerprint density at radius 3 is 0.881 bits per heavy atom. The van der Waals surface area contributed by atoms with E-state index in [0.717, 1.165) is 30.7 Å².